The van der Waals surface area contributed by atoms with Crippen molar-refractivity contribution >= 4 is 11.9 Å². The molecule has 0 aliphatic carbocycles. The van der Waals surface area contributed by atoms with Gasteiger partial charge in [-0.25, -0.2) is 4.79 Å². The number of carbonyl (C=O) groups is 2. The number of H-pyrrole nitrogens is 1. The van der Waals surface area contributed by atoms with E-state index in [-0.39, 0.29) is 11.6 Å². The number of carbonyl (C=O) groups excluding carboxylic acids is 1. The second kappa shape index (κ2) is 5.24. The van der Waals surface area contributed by atoms with E-state index in [4.69, 9.17) is 9.52 Å². The first-order chi connectivity index (χ1) is 9.41. The molecule has 2 aromatic heterocycles. The topological polar surface area (TPSA) is 86.5 Å². The maximum atomic E-state index is 12.4. The number of amides is 1. The number of nitrogens with one attached hydrogen (secondary N) is 1. The highest BCUT2D eigenvalue weighted by Crippen LogP contribution is 2.20. The maximum Gasteiger partial charge on any atom is 0.352 e. The number of aryl methyl sites for hydroxylation is 1. The molecule has 0 unspecified atom stereocenters. The fourth-order valence-electron chi connectivity index (χ4n) is 2.20. The van der Waals surface area contributed by atoms with Gasteiger partial charge in [-0.1, -0.05) is 0 Å². The number of hydrogen-bond donors (Lipinski definition) is 2. The average molecular weight is 276 g/mol. The number of rotatable bonds is 4. The quantitative estimate of drug-likeness (QED) is 0.896. The predicted molar refractivity (Wildman–Crippen MR) is 71.7 cm³/mol. The summed E-state index contributed by atoms with van der Waals surface area (Å²) in [5.41, 5.74) is 2.36. The summed E-state index contributed by atoms with van der Waals surface area (Å²) >= 11 is 0. The van der Waals surface area contributed by atoms with E-state index < -0.39 is 5.97 Å². The molecule has 2 rings (SSSR count). The minimum absolute atomic E-state index is 0.0579. The molecule has 2 aromatic rings. The van der Waals surface area contributed by atoms with Gasteiger partial charge >= 0.3 is 5.97 Å². The second-order valence-corrected chi connectivity index (χ2v) is 4.72. The van der Waals surface area contributed by atoms with E-state index in [1.807, 2.05) is 0 Å². The van der Waals surface area contributed by atoms with Crippen molar-refractivity contribution in [3.05, 3.63) is 46.7 Å². The molecule has 0 aliphatic rings. The van der Waals surface area contributed by atoms with Crippen molar-refractivity contribution in [2.45, 2.75) is 20.4 Å². The average Bonchev–Trinajstić information content (AvgIpc) is 2.97. The van der Waals surface area contributed by atoms with Crippen molar-refractivity contribution in [3.8, 4) is 0 Å². The van der Waals surface area contributed by atoms with E-state index in [0.29, 0.717) is 23.4 Å². The highest BCUT2D eigenvalue weighted by atomic mass is 16.4. The highest BCUT2D eigenvalue weighted by Gasteiger charge is 2.23. The molecule has 0 radical (unpaired) electrons. The Labute approximate surface area is 116 Å². The van der Waals surface area contributed by atoms with Crippen molar-refractivity contribution < 1.29 is 19.1 Å². The van der Waals surface area contributed by atoms with Crippen molar-refractivity contribution in [2.75, 3.05) is 7.05 Å². The number of carboxylic acids is 1. The number of aromatic amines is 1. The van der Waals surface area contributed by atoms with Gasteiger partial charge in [0.2, 0.25) is 0 Å². The molecule has 0 aliphatic heterocycles. The zero-order chi connectivity index (χ0) is 14.9. The van der Waals surface area contributed by atoms with E-state index in [2.05, 4.69) is 4.98 Å². The van der Waals surface area contributed by atoms with Crippen LogP contribution in [0.5, 0.6) is 0 Å². The zero-order valence-electron chi connectivity index (χ0n) is 11.6. The summed E-state index contributed by atoms with van der Waals surface area (Å²) in [4.78, 5) is 27.8. The molecule has 1 amide bonds. The summed E-state index contributed by atoms with van der Waals surface area (Å²) in [6, 6.07) is 1.78. The van der Waals surface area contributed by atoms with Gasteiger partial charge in [-0.15, -0.1) is 0 Å². The predicted octanol–water partition coefficient (Wildman–Crippen LogP) is 2.19. The lowest BCUT2D eigenvalue weighted by atomic mass is 10.1. The number of hydrogen-bond acceptors (Lipinski definition) is 3. The van der Waals surface area contributed by atoms with Crippen molar-refractivity contribution in [1.29, 1.82) is 0 Å². The first-order valence-corrected chi connectivity index (χ1v) is 6.10. The van der Waals surface area contributed by atoms with E-state index in [9.17, 15) is 9.59 Å². The lowest BCUT2D eigenvalue weighted by Crippen LogP contribution is -2.27. The summed E-state index contributed by atoms with van der Waals surface area (Å²) in [7, 11) is 1.67. The van der Waals surface area contributed by atoms with Crippen LogP contribution in [0, 0.1) is 13.8 Å². The number of aromatic carboxylic acids is 1. The van der Waals surface area contributed by atoms with Crippen LogP contribution in [-0.4, -0.2) is 33.9 Å². The summed E-state index contributed by atoms with van der Waals surface area (Å²) < 4.78 is 4.96. The lowest BCUT2D eigenvalue weighted by Gasteiger charge is -2.16. The van der Waals surface area contributed by atoms with Crippen LogP contribution in [0.3, 0.4) is 0 Å². The molecule has 2 heterocycles. The van der Waals surface area contributed by atoms with Crippen LogP contribution in [-0.2, 0) is 6.54 Å². The zero-order valence-corrected chi connectivity index (χ0v) is 11.6. The molecule has 0 atom stereocenters. The Kier molecular flexibility index (Phi) is 3.65. The Morgan fingerprint density at radius 3 is 2.60 bits per heavy atom. The summed E-state index contributed by atoms with van der Waals surface area (Å²) in [6.45, 7) is 3.73. The molecular formula is C14H16N2O4. The van der Waals surface area contributed by atoms with Gasteiger partial charge in [0.25, 0.3) is 5.91 Å². The van der Waals surface area contributed by atoms with Crippen LogP contribution >= 0.6 is 0 Å². The monoisotopic (exact) mass is 276 g/mol. The van der Waals surface area contributed by atoms with E-state index in [1.54, 1.807) is 39.5 Å². The van der Waals surface area contributed by atoms with Gasteiger partial charge in [0.15, 0.2) is 0 Å². The SMILES string of the molecule is Cc1[nH]c(C(=O)O)c(C)c1C(=O)N(C)Cc1ccoc1. The molecular weight excluding hydrogens is 260 g/mol. The summed E-state index contributed by atoms with van der Waals surface area (Å²) in [5.74, 6) is -1.29. The van der Waals surface area contributed by atoms with Crippen molar-refractivity contribution in [1.82, 2.24) is 9.88 Å². The first kappa shape index (κ1) is 13.9. The highest BCUT2D eigenvalue weighted by molar-refractivity contribution is 6.00. The van der Waals surface area contributed by atoms with Crippen molar-refractivity contribution in [2.24, 2.45) is 0 Å². The fourth-order valence-corrected chi connectivity index (χ4v) is 2.20. The van der Waals surface area contributed by atoms with E-state index in [0.717, 1.165) is 5.56 Å². The largest absolute Gasteiger partial charge is 0.477 e. The molecule has 2 N–H and O–H groups in total. The van der Waals surface area contributed by atoms with Gasteiger partial charge < -0.3 is 19.4 Å². The van der Waals surface area contributed by atoms with Gasteiger partial charge in [0.05, 0.1) is 18.1 Å². The Morgan fingerprint density at radius 2 is 2.10 bits per heavy atom. The molecule has 0 aromatic carbocycles. The normalized spacial score (nSPS) is 10.6. The number of furan rings is 1. The van der Waals surface area contributed by atoms with Gasteiger partial charge in [-0.3, -0.25) is 4.79 Å². The van der Waals surface area contributed by atoms with Crippen LogP contribution in [0.2, 0.25) is 0 Å². The first-order valence-electron chi connectivity index (χ1n) is 6.10. The van der Waals surface area contributed by atoms with E-state index >= 15 is 0 Å². The van der Waals surface area contributed by atoms with Gasteiger partial charge in [-0.05, 0) is 25.5 Å². The molecule has 20 heavy (non-hydrogen) atoms. The van der Waals surface area contributed by atoms with Crippen LogP contribution in [0.1, 0.15) is 37.7 Å². The number of nitrogens with zero attached hydrogens (tertiary/aromatic N) is 1. The third-order valence-electron chi connectivity index (χ3n) is 3.21. The number of carboxylic acid groups (broad SMARTS) is 1. The molecule has 0 bridgehead atoms. The molecule has 0 saturated heterocycles. The Morgan fingerprint density at radius 1 is 1.40 bits per heavy atom. The lowest BCUT2D eigenvalue weighted by molar-refractivity contribution is 0.0690. The molecule has 106 valence electrons. The second-order valence-electron chi connectivity index (χ2n) is 4.72. The maximum absolute atomic E-state index is 12.4. The molecule has 0 saturated carbocycles. The molecule has 6 heteroatoms. The standard InChI is InChI=1S/C14H16N2O4/c1-8-11(9(2)15-12(8)14(18)19)13(17)16(3)6-10-4-5-20-7-10/h4-5,7,15H,6H2,1-3H3,(H,18,19). The van der Waals surface area contributed by atoms with Gasteiger partial charge in [0.1, 0.15) is 5.69 Å². The molecule has 6 nitrogen and oxygen atoms in total. The molecule has 0 spiro atoms. The smallest absolute Gasteiger partial charge is 0.352 e. The minimum Gasteiger partial charge on any atom is -0.477 e. The van der Waals surface area contributed by atoms with Crippen LogP contribution in [0.15, 0.2) is 23.0 Å². The van der Waals surface area contributed by atoms with Gasteiger partial charge in [-0.2, -0.15) is 0 Å². The minimum atomic E-state index is -1.07. The third kappa shape index (κ3) is 2.45. The summed E-state index contributed by atoms with van der Waals surface area (Å²) in [6.07, 6.45) is 3.12. The summed E-state index contributed by atoms with van der Waals surface area (Å²) in [5, 5.41) is 9.06. The Balaban J connectivity index is 2.27. The van der Waals surface area contributed by atoms with Crippen molar-refractivity contribution in [3.63, 3.8) is 0 Å². The Bertz CT molecular complexity index is 640. The van der Waals surface area contributed by atoms with Crippen LogP contribution in [0.4, 0.5) is 0 Å². The Hall–Kier alpha value is -2.50. The fraction of sp³-hybridized carbons (Fsp3) is 0.286. The van der Waals surface area contributed by atoms with Gasteiger partial charge in [0, 0.05) is 24.8 Å². The van der Waals surface area contributed by atoms with Crippen LogP contribution < -0.4 is 0 Å². The number of aromatic nitrogens is 1. The third-order valence-corrected chi connectivity index (χ3v) is 3.21. The molecule has 0 fully saturated rings. The van der Waals surface area contributed by atoms with Crippen LogP contribution in [0.25, 0.3) is 0 Å². The van der Waals surface area contributed by atoms with E-state index in [1.165, 1.54) is 4.90 Å².